The Balaban J connectivity index is 2.61. The Hall–Kier alpha value is -0.970. The first kappa shape index (κ1) is 11.1. The van der Waals surface area contributed by atoms with Crippen LogP contribution in [0.1, 0.15) is 19.2 Å². The van der Waals surface area contributed by atoms with Gasteiger partial charge in [-0.15, -0.1) is 0 Å². The molecule has 1 rings (SSSR count). The summed E-state index contributed by atoms with van der Waals surface area (Å²) in [6, 6.07) is -1.12. The van der Waals surface area contributed by atoms with Crippen LogP contribution in [0.2, 0.25) is 0 Å². The van der Waals surface area contributed by atoms with Crippen LogP contribution in [0, 0.1) is 0 Å². The number of nitrogens with two attached hydrogens (primary N) is 1. The van der Waals surface area contributed by atoms with Gasteiger partial charge < -0.3 is 10.3 Å². The number of rotatable bonds is 5. The lowest BCUT2D eigenvalue weighted by Crippen LogP contribution is -2.32. The molecule has 1 atom stereocenters. The van der Waals surface area contributed by atoms with E-state index in [2.05, 4.69) is 4.98 Å². The van der Waals surface area contributed by atoms with Crippen molar-refractivity contribution < 1.29 is 8.78 Å². The quantitative estimate of drug-likeness (QED) is 0.786. The van der Waals surface area contributed by atoms with Gasteiger partial charge in [0.15, 0.2) is 0 Å². The third-order valence-electron chi connectivity index (χ3n) is 2.01. The lowest BCUT2D eigenvalue weighted by molar-refractivity contribution is 0.114. The second-order valence-electron chi connectivity index (χ2n) is 3.24. The highest BCUT2D eigenvalue weighted by Gasteiger charge is 2.17. The van der Waals surface area contributed by atoms with Crippen LogP contribution in [0.25, 0.3) is 0 Å². The van der Waals surface area contributed by atoms with Crippen LogP contribution < -0.4 is 5.73 Å². The van der Waals surface area contributed by atoms with Gasteiger partial charge in [0, 0.05) is 25.4 Å². The zero-order valence-corrected chi connectivity index (χ0v) is 8.16. The van der Waals surface area contributed by atoms with Crippen LogP contribution in [0.3, 0.4) is 0 Å². The predicted octanol–water partition coefficient (Wildman–Crippen LogP) is 1.43. The minimum absolute atomic E-state index is 0.130. The molecular formula is C9H15F2N3. The van der Waals surface area contributed by atoms with Gasteiger partial charge >= 0.3 is 0 Å². The van der Waals surface area contributed by atoms with Crippen LogP contribution in [0.5, 0.6) is 0 Å². The number of hydrogen-bond acceptors (Lipinski definition) is 2. The van der Waals surface area contributed by atoms with Gasteiger partial charge in [-0.2, -0.15) is 0 Å². The fourth-order valence-corrected chi connectivity index (χ4v) is 1.27. The molecule has 80 valence electrons. The predicted molar refractivity (Wildman–Crippen MR) is 50.2 cm³/mol. The summed E-state index contributed by atoms with van der Waals surface area (Å²) in [7, 11) is 0. The van der Waals surface area contributed by atoms with Crippen molar-refractivity contribution in [3.05, 3.63) is 18.2 Å². The van der Waals surface area contributed by atoms with Crippen molar-refractivity contribution in [3.63, 3.8) is 0 Å². The smallest absolute Gasteiger partial charge is 0.253 e. The van der Waals surface area contributed by atoms with E-state index in [0.29, 0.717) is 5.82 Å². The average molecular weight is 203 g/mol. The molecule has 0 saturated carbocycles. The number of aromatic nitrogens is 2. The second-order valence-corrected chi connectivity index (χ2v) is 3.24. The molecule has 1 aromatic rings. The highest BCUT2D eigenvalue weighted by atomic mass is 19.3. The van der Waals surface area contributed by atoms with E-state index < -0.39 is 12.5 Å². The topological polar surface area (TPSA) is 43.8 Å². The maximum absolute atomic E-state index is 12.2. The fraction of sp³-hybridized carbons (Fsp3) is 0.667. The molecule has 1 unspecified atom stereocenters. The molecule has 3 nitrogen and oxygen atoms in total. The van der Waals surface area contributed by atoms with E-state index in [-0.39, 0.29) is 6.42 Å². The molecule has 0 radical (unpaired) electrons. The Morgan fingerprint density at radius 1 is 1.57 bits per heavy atom. The monoisotopic (exact) mass is 203 g/mol. The highest BCUT2D eigenvalue weighted by molar-refractivity contribution is 4.95. The van der Waals surface area contributed by atoms with Gasteiger partial charge in [-0.1, -0.05) is 6.92 Å². The average Bonchev–Trinajstić information content (AvgIpc) is 2.53. The van der Waals surface area contributed by atoms with Gasteiger partial charge in [-0.05, 0) is 6.42 Å². The molecule has 14 heavy (non-hydrogen) atoms. The number of alkyl halides is 2. The summed E-state index contributed by atoms with van der Waals surface area (Å²) in [6.07, 6.45) is 2.00. The molecule has 0 aliphatic heterocycles. The Morgan fingerprint density at radius 2 is 2.29 bits per heavy atom. The first-order chi connectivity index (χ1) is 6.65. The van der Waals surface area contributed by atoms with Gasteiger partial charge in [-0.3, -0.25) is 0 Å². The third-order valence-corrected chi connectivity index (χ3v) is 2.01. The SMILES string of the molecule is CCCn1ccnc1CC(N)C(F)F. The van der Waals surface area contributed by atoms with E-state index in [0.717, 1.165) is 13.0 Å². The minimum atomic E-state index is -2.48. The van der Waals surface area contributed by atoms with Crippen molar-refractivity contribution in [1.29, 1.82) is 0 Å². The number of nitrogens with zero attached hydrogens (tertiary/aromatic N) is 2. The molecule has 2 N–H and O–H groups in total. The minimum Gasteiger partial charge on any atom is -0.335 e. The van der Waals surface area contributed by atoms with Gasteiger partial charge in [-0.25, -0.2) is 13.8 Å². The summed E-state index contributed by atoms with van der Waals surface area (Å²) in [5.41, 5.74) is 5.27. The van der Waals surface area contributed by atoms with E-state index in [1.54, 1.807) is 12.4 Å². The standard InChI is InChI=1S/C9H15F2N3/c1-2-4-14-5-3-13-8(14)6-7(12)9(10)11/h3,5,7,9H,2,4,6,12H2,1H3. The van der Waals surface area contributed by atoms with E-state index >= 15 is 0 Å². The van der Waals surface area contributed by atoms with E-state index in [1.165, 1.54) is 0 Å². The Kier molecular flexibility index (Phi) is 4.00. The van der Waals surface area contributed by atoms with Crippen molar-refractivity contribution in [2.45, 2.75) is 38.8 Å². The van der Waals surface area contributed by atoms with E-state index in [4.69, 9.17) is 5.73 Å². The lowest BCUT2D eigenvalue weighted by atomic mass is 10.2. The fourth-order valence-electron chi connectivity index (χ4n) is 1.27. The molecule has 5 heteroatoms. The van der Waals surface area contributed by atoms with Crippen LogP contribution in [0.4, 0.5) is 8.78 Å². The number of imidazole rings is 1. The number of halogens is 2. The molecule has 1 aromatic heterocycles. The highest BCUT2D eigenvalue weighted by Crippen LogP contribution is 2.07. The summed E-state index contributed by atoms with van der Waals surface area (Å²) in [5, 5.41) is 0. The molecule has 0 bridgehead atoms. The maximum Gasteiger partial charge on any atom is 0.253 e. The van der Waals surface area contributed by atoms with Crippen LogP contribution in [-0.4, -0.2) is 22.0 Å². The van der Waals surface area contributed by atoms with Gasteiger partial charge in [0.25, 0.3) is 6.43 Å². The molecule has 0 amide bonds. The van der Waals surface area contributed by atoms with Crippen LogP contribution >= 0.6 is 0 Å². The van der Waals surface area contributed by atoms with Crippen molar-refractivity contribution in [2.24, 2.45) is 5.73 Å². The summed E-state index contributed by atoms with van der Waals surface area (Å²) in [6.45, 7) is 2.82. The molecule has 0 spiro atoms. The zero-order valence-electron chi connectivity index (χ0n) is 8.16. The molecule has 0 aromatic carbocycles. The van der Waals surface area contributed by atoms with Crippen molar-refractivity contribution in [1.82, 2.24) is 9.55 Å². The molecular weight excluding hydrogens is 188 g/mol. The molecule has 1 heterocycles. The zero-order chi connectivity index (χ0) is 10.6. The normalized spacial score (nSPS) is 13.5. The molecule has 0 saturated heterocycles. The first-order valence-corrected chi connectivity index (χ1v) is 4.69. The number of hydrogen-bond donors (Lipinski definition) is 1. The molecule has 0 fully saturated rings. The van der Waals surface area contributed by atoms with E-state index in [9.17, 15) is 8.78 Å². The Bertz CT molecular complexity index is 273. The summed E-state index contributed by atoms with van der Waals surface area (Å²) in [4.78, 5) is 4.01. The Morgan fingerprint density at radius 3 is 2.86 bits per heavy atom. The van der Waals surface area contributed by atoms with Gasteiger partial charge in [0.1, 0.15) is 5.82 Å². The lowest BCUT2D eigenvalue weighted by Gasteiger charge is -2.11. The summed E-state index contributed by atoms with van der Waals surface area (Å²) < 4.78 is 26.2. The van der Waals surface area contributed by atoms with Crippen molar-refractivity contribution >= 4 is 0 Å². The van der Waals surface area contributed by atoms with E-state index in [1.807, 2.05) is 11.5 Å². The van der Waals surface area contributed by atoms with Crippen LogP contribution in [0.15, 0.2) is 12.4 Å². The van der Waals surface area contributed by atoms with Crippen molar-refractivity contribution in [3.8, 4) is 0 Å². The second kappa shape index (κ2) is 5.05. The summed E-state index contributed by atoms with van der Waals surface area (Å²) in [5.74, 6) is 0.639. The van der Waals surface area contributed by atoms with Gasteiger partial charge in [0.2, 0.25) is 0 Å². The van der Waals surface area contributed by atoms with Gasteiger partial charge in [0.05, 0.1) is 6.04 Å². The van der Waals surface area contributed by atoms with Crippen LogP contribution in [-0.2, 0) is 13.0 Å². The maximum atomic E-state index is 12.2. The first-order valence-electron chi connectivity index (χ1n) is 4.69. The molecule has 0 aliphatic rings. The summed E-state index contributed by atoms with van der Waals surface area (Å²) >= 11 is 0. The Labute approximate surface area is 81.9 Å². The number of aryl methyl sites for hydroxylation is 1. The van der Waals surface area contributed by atoms with Crippen molar-refractivity contribution in [2.75, 3.05) is 0 Å². The molecule has 0 aliphatic carbocycles. The largest absolute Gasteiger partial charge is 0.335 e. The third kappa shape index (κ3) is 2.77.